The summed E-state index contributed by atoms with van der Waals surface area (Å²) in [4.78, 5) is 0. The molecular weight excluding hydrogens is 337 g/mol. The van der Waals surface area contributed by atoms with Crippen molar-refractivity contribution in [1.29, 1.82) is 0 Å². The summed E-state index contributed by atoms with van der Waals surface area (Å²) in [7, 11) is 0. The van der Waals surface area contributed by atoms with Crippen molar-refractivity contribution in [3.63, 3.8) is 0 Å². The van der Waals surface area contributed by atoms with Crippen molar-refractivity contribution in [3.05, 3.63) is 90.7 Å². The van der Waals surface area contributed by atoms with Gasteiger partial charge in [0.25, 0.3) is 0 Å². The van der Waals surface area contributed by atoms with Crippen molar-refractivity contribution in [1.82, 2.24) is 4.57 Å². The summed E-state index contributed by atoms with van der Waals surface area (Å²) in [6.45, 7) is 0. The van der Waals surface area contributed by atoms with Crippen LogP contribution in [-0.4, -0.2) is 4.57 Å². The highest BCUT2D eigenvalue weighted by molar-refractivity contribution is 6.10. The van der Waals surface area contributed by atoms with Crippen LogP contribution in [0.3, 0.4) is 0 Å². The SMILES string of the molecule is Fc1cccc2oc3ccc(-n4c5ccccc5c5ccccc54)cc3c12. The van der Waals surface area contributed by atoms with E-state index in [0.29, 0.717) is 16.6 Å². The molecule has 0 unspecified atom stereocenters. The number of benzene rings is 4. The Kier molecular flexibility index (Phi) is 2.81. The molecule has 0 aliphatic rings. The van der Waals surface area contributed by atoms with E-state index in [1.165, 1.54) is 16.8 Å². The average Bonchev–Trinajstić information content (AvgIpc) is 3.24. The predicted molar refractivity (Wildman–Crippen MR) is 108 cm³/mol. The first-order valence-corrected chi connectivity index (χ1v) is 8.90. The molecule has 0 bridgehead atoms. The van der Waals surface area contributed by atoms with Gasteiger partial charge in [-0.3, -0.25) is 0 Å². The molecule has 0 atom stereocenters. The van der Waals surface area contributed by atoms with Gasteiger partial charge in [-0.05, 0) is 42.5 Å². The maximum atomic E-state index is 14.5. The molecule has 0 saturated carbocycles. The first-order chi connectivity index (χ1) is 13.3. The smallest absolute Gasteiger partial charge is 0.138 e. The monoisotopic (exact) mass is 351 g/mol. The third-order valence-corrected chi connectivity index (χ3v) is 5.27. The Bertz CT molecular complexity index is 1440. The van der Waals surface area contributed by atoms with Crippen LogP contribution in [0, 0.1) is 5.82 Å². The quantitative estimate of drug-likeness (QED) is 0.318. The minimum absolute atomic E-state index is 0.259. The number of halogens is 1. The van der Waals surface area contributed by atoms with E-state index in [1.807, 2.05) is 30.3 Å². The summed E-state index contributed by atoms with van der Waals surface area (Å²) in [6.07, 6.45) is 0. The van der Waals surface area contributed by atoms with Gasteiger partial charge in [0.2, 0.25) is 0 Å². The van der Waals surface area contributed by atoms with Crippen LogP contribution in [0.5, 0.6) is 0 Å². The van der Waals surface area contributed by atoms with Crippen LogP contribution in [0.2, 0.25) is 0 Å². The van der Waals surface area contributed by atoms with Gasteiger partial charge in [-0.1, -0.05) is 42.5 Å². The van der Waals surface area contributed by atoms with Crippen LogP contribution >= 0.6 is 0 Å². The van der Waals surface area contributed by atoms with E-state index < -0.39 is 0 Å². The summed E-state index contributed by atoms with van der Waals surface area (Å²) < 4.78 is 22.5. The van der Waals surface area contributed by atoms with Gasteiger partial charge >= 0.3 is 0 Å². The molecule has 2 nitrogen and oxygen atoms in total. The van der Waals surface area contributed by atoms with Crippen molar-refractivity contribution in [2.45, 2.75) is 0 Å². The fraction of sp³-hybridized carbons (Fsp3) is 0. The van der Waals surface area contributed by atoms with Gasteiger partial charge in [-0.2, -0.15) is 0 Å². The predicted octanol–water partition coefficient (Wildman–Crippen LogP) is 6.82. The number of hydrogen-bond acceptors (Lipinski definition) is 1. The van der Waals surface area contributed by atoms with Gasteiger partial charge < -0.3 is 8.98 Å². The molecule has 0 saturated heterocycles. The third-order valence-electron chi connectivity index (χ3n) is 5.27. The zero-order valence-corrected chi connectivity index (χ0v) is 14.3. The molecule has 0 amide bonds. The Morgan fingerprint density at radius 1 is 0.630 bits per heavy atom. The van der Waals surface area contributed by atoms with Crippen LogP contribution in [0.15, 0.2) is 89.3 Å². The standard InChI is InChI=1S/C24H14FNO/c25-19-8-5-11-23-24(19)18-14-15(12-13-22(18)27-23)26-20-9-3-1-6-16(20)17-7-2-4-10-21(17)26/h1-14H. The van der Waals surface area contributed by atoms with Crippen LogP contribution in [0.4, 0.5) is 4.39 Å². The second kappa shape index (κ2) is 5.21. The highest BCUT2D eigenvalue weighted by Gasteiger charge is 2.15. The summed E-state index contributed by atoms with van der Waals surface area (Å²) in [5.41, 5.74) is 4.52. The minimum Gasteiger partial charge on any atom is -0.456 e. The molecule has 3 heteroatoms. The molecule has 0 spiro atoms. The molecule has 0 aliphatic carbocycles. The number of aromatic nitrogens is 1. The second-order valence-corrected chi connectivity index (χ2v) is 6.77. The van der Waals surface area contributed by atoms with E-state index in [1.54, 1.807) is 12.1 Å². The van der Waals surface area contributed by atoms with E-state index in [2.05, 4.69) is 41.0 Å². The number of nitrogens with zero attached hydrogens (tertiary/aromatic N) is 1. The highest BCUT2D eigenvalue weighted by Crippen LogP contribution is 2.35. The maximum Gasteiger partial charge on any atom is 0.138 e. The van der Waals surface area contributed by atoms with Crippen LogP contribution in [-0.2, 0) is 0 Å². The molecule has 0 aliphatic heterocycles. The Labute approximate surface area is 154 Å². The van der Waals surface area contributed by atoms with Gasteiger partial charge in [0.1, 0.15) is 17.0 Å². The Hall–Kier alpha value is -3.59. The molecule has 6 rings (SSSR count). The first kappa shape index (κ1) is 14.6. The molecule has 27 heavy (non-hydrogen) atoms. The van der Waals surface area contributed by atoms with Crippen molar-refractivity contribution in [2.24, 2.45) is 0 Å². The highest BCUT2D eigenvalue weighted by atomic mass is 19.1. The Morgan fingerprint density at radius 2 is 1.33 bits per heavy atom. The fourth-order valence-electron chi connectivity index (χ4n) is 4.11. The molecule has 0 fully saturated rings. The van der Waals surface area contributed by atoms with Gasteiger partial charge in [-0.25, -0.2) is 4.39 Å². The molecule has 0 N–H and O–H groups in total. The Morgan fingerprint density at radius 3 is 2.07 bits per heavy atom. The molecule has 2 heterocycles. The van der Waals surface area contributed by atoms with Gasteiger partial charge in [-0.15, -0.1) is 0 Å². The van der Waals surface area contributed by atoms with Crippen LogP contribution < -0.4 is 0 Å². The lowest BCUT2D eigenvalue weighted by Crippen LogP contribution is -1.93. The zero-order valence-electron chi connectivity index (χ0n) is 14.3. The lowest BCUT2D eigenvalue weighted by molar-refractivity contribution is 0.634. The number of furan rings is 1. The Balaban J connectivity index is 1.76. The lowest BCUT2D eigenvalue weighted by atomic mass is 10.1. The summed E-state index contributed by atoms with van der Waals surface area (Å²) in [6, 6.07) is 27.6. The lowest BCUT2D eigenvalue weighted by Gasteiger charge is -2.08. The zero-order chi connectivity index (χ0) is 18.0. The van der Waals surface area contributed by atoms with Gasteiger partial charge in [0.15, 0.2) is 0 Å². The van der Waals surface area contributed by atoms with Crippen molar-refractivity contribution in [2.75, 3.05) is 0 Å². The van der Waals surface area contributed by atoms with Crippen molar-refractivity contribution in [3.8, 4) is 5.69 Å². The normalized spacial score (nSPS) is 11.9. The van der Waals surface area contributed by atoms with E-state index in [4.69, 9.17) is 4.42 Å². The molecule has 128 valence electrons. The van der Waals surface area contributed by atoms with E-state index in [-0.39, 0.29) is 5.82 Å². The number of rotatable bonds is 1. The second-order valence-electron chi connectivity index (χ2n) is 6.77. The van der Waals surface area contributed by atoms with E-state index in [9.17, 15) is 4.39 Å². The molecule has 6 aromatic rings. The third kappa shape index (κ3) is 1.94. The molecule has 0 radical (unpaired) electrons. The maximum absolute atomic E-state index is 14.5. The topological polar surface area (TPSA) is 18.1 Å². The fourth-order valence-corrected chi connectivity index (χ4v) is 4.11. The number of fused-ring (bicyclic) bond motifs is 6. The largest absolute Gasteiger partial charge is 0.456 e. The van der Waals surface area contributed by atoms with Crippen molar-refractivity contribution >= 4 is 43.7 Å². The van der Waals surface area contributed by atoms with Crippen LogP contribution in [0.25, 0.3) is 49.4 Å². The van der Waals surface area contributed by atoms with Gasteiger partial charge in [0, 0.05) is 21.8 Å². The average molecular weight is 351 g/mol. The summed E-state index contributed by atoms with van der Waals surface area (Å²) in [5, 5.41) is 3.74. The van der Waals surface area contributed by atoms with Gasteiger partial charge in [0.05, 0.1) is 16.4 Å². The summed E-state index contributed by atoms with van der Waals surface area (Å²) in [5.74, 6) is -0.259. The number of para-hydroxylation sites is 2. The van der Waals surface area contributed by atoms with E-state index in [0.717, 1.165) is 22.1 Å². The minimum atomic E-state index is -0.259. The molecular formula is C24H14FNO. The van der Waals surface area contributed by atoms with Crippen molar-refractivity contribution < 1.29 is 8.81 Å². The molecule has 4 aromatic carbocycles. The van der Waals surface area contributed by atoms with Crippen LogP contribution in [0.1, 0.15) is 0 Å². The summed E-state index contributed by atoms with van der Waals surface area (Å²) >= 11 is 0. The number of hydrogen-bond donors (Lipinski definition) is 0. The molecule has 2 aromatic heterocycles. The first-order valence-electron chi connectivity index (χ1n) is 8.90. The van der Waals surface area contributed by atoms with E-state index >= 15 is 0 Å².